The van der Waals surface area contributed by atoms with Crippen molar-refractivity contribution in [3.8, 4) is 16.8 Å². The third kappa shape index (κ3) is 3.07. The van der Waals surface area contributed by atoms with Crippen molar-refractivity contribution in [3.05, 3.63) is 83.7 Å². The molecular weight excluding hydrogens is 282 g/mol. The van der Waals surface area contributed by atoms with Gasteiger partial charge < -0.3 is 0 Å². The lowest BCUT2D eigenvalue weighted by molar-refractivity contribution is -0.609. The minimum Gasteiger partial charge on any atom is -0.295 e. The van der Waals surface area contributed by atoms with Crippen LogP contribution in [0.4, 0.5) is 0 Å². The highest BCUT2D eigenvalue weighted by atomic mass is 16.1. The molecule has 0 amide bonds. The molecule has 0 saturated carbocycles. The Morgan fingerprint density at radius 1 is 0.783 bits per heavy atom. The van der Waals surface area contributed by atoms with Crippen LogP contribution < -0.4 is 4.57 Å². The van der Waals surface area contributed by atoms with E-state index in [-0.39, 0.29) is 5.78 Å². The second kappa shape index (κ2) is 6.17. The zero-order chi connectivity index (χ0) is 16.4. The van der Waals surface area contributed by atoms with Gasteiger partial charge in [-0.05, 0) is 30.2 Å². The Labute approximate surface area is 137 Å². The third-order valence-corrected chi connectivity index (χ3v) is 4.07. The Bertz CT molecular complexity index is 826. The van der Waals surface area contributed by atoms with Gasteiger partial charge in [-0.15, -0.1) is 0 Å². The van der Waals surface area contributed by atoms with Gasteiger partial charge in [-0.3, -0.25) is 4.79 Å². The minimum absolute atomic E-state index is 0.0921. The maximum Gasteiger partial charge on any atom is 0.211 e. The fourth-order valence-corrected chi connectivity index (χ4v) is 2.95. The Balaban J connectivity index is 2.06. The van der Waals surface area contributed by atoms with E-state index in [1.807, 2.05) is 30.3 Å². The first kappa shape index (κ1) is 15.2. The Morgan fingerprint density at radius 2 is 1.35 bits per heavy atom. The van der Waals surface area contributed by atoms with Gasteiger partial charge in [0.2, 0.25) is 5.69 Å². The summed E-state index contributed by atoms with van der Waals surface area (Å²) < 4.78 is 2.20. The van der Waals surface area contributed by atoms with E-state index in [4.69, 9.17) is 0 Å². The van der Waals surface area contributed by atoms with Gasteiger partial charge in [0.1, 0.15) is 0 Å². The summed E-state index contributed by atoms with van der Waals surface area (Å²) in [6.45, 7) is 5.81. The molecule has 23 heavy (non-hydrogen) atoms. The topological polar surface area (TPSA) is 20.9 Å². The van der Waals surface area contributed by atoms with E-state index in [1.165, 1.54) is 22.5 Å². The van der Waals surface area contributed by atoms with Crippen LogP contribution in [0, 0.1) is 13.8 Å². The van der Waals surface area contributed by atoms with E-state index in [0.717, 1.165) is 11.3 Å². The standard InChI is InChI=1S/C21H20NO/c1-15-13-20(19-7-5-4-6-8-19)14-16(2)22(15)21-11-9-18(10-12-21)17(3)23/h4-14H,1-3H3/q+1. The van der Waals surface area contributed by atoms with Crippen molar-refractivity contribution >= 4 is 5.78 Å². The number of aromatic nitrogens is 1. The zero-order valence-electron chi connectivity index (χ0n) is 13.7. The zero-order valence-corrected chi connectivity index (χ0v) is 13.7. The van der Waals surface area contributed by atoms with Crippen LogP contribution in [-0.4, -0.2) is 5.78 Å². The first-order chi connectivity index (χ1) is 11.1. The first-order valence-corrected chi connectivity index (χ1v) is 7.76. The predicted molar refractivity (Wildman–Crippen MR) is 92.9 cm³/mol. The van der Waals surface area contributed by atoms with Crippen LogP contribution in [0.3, 0.4) is 0 Å². The van der Waals surface area contributed by atoms with E-state index in [1.54, 1.807) is 6.92 Å². The molecule has 0 aliphatic heterocycles. The molecule has 0 fully saturated rings. The fraction of sp³-hybridized carbons (Fsp3) is 0.143. The number of ketones is 1. The summed E-state index contributed by atoms with van der Waals surface area (Å²) in [6.07, 6.45) is 0. The van der Waals surface area contributed by atoms with Crippen LogP contribution in [0.25, 0.3) is 16.8 Å². The SMILES string of the molecule is CC(=O)c1ccc(-[n+]2c(C)cc(-c3ccccc3)cc2C)cc1. The van der Waals surface area contributed by atoms with Gasteiger partial charge >= 0.3 is 0 Å². The van der Waals surface area contributed by atoms with Crippen LogP contribution in [0.1, 0.15) is 28.7 Å². The number of nitrogens with zero attached hydrogens (tertiary/aromatic N) is 1. The summed E-state index contributed by atoms with van der Waals surface area (Å²) in [7, 11) is 0. The number of Topliss-reactive ketones (excluding diaryl/α,β-unsaturated/α-hetero) is 1. The molecule has 1 heterocycles. The van der Waals surface area contributed by atoms with Crippen molar-refractivity contribution in [1.29, 1.82) is 0 Å². The molecule has 0 spiro atoms. The maximum atomic E-state index is 11.4. The Morgan fingerprint density at radius 3 is 1.87 bits per heavy atom. The van der Waals surface area contributed by atoms with Crippen molar-refractivity contribution in [2.45, 2.75) is 20.8 Å². The van der Waals surface area contributed by atoms with Crippen molar-refractivity contribution in [2.24, 2.45) is 0 Å². The number of pyridine rings is 1. The van der Waals surface area contributed by atoms with Crippen LogP contribution in [-0.2, 0) is 0 Å². The van der Waals surface area contributed by atoms with Gasteiger partial charge in [-0.25, -0.2) is 0 Å². The predicted octanol–water partition coefficient (Wildman–Crippen LogP) is 4.45. The van der Waals surface area contributed by atoms with E-state index < -0.39 is 0 Å². The van der Waals surface area contributed by atoms with Crippen LogP contribution >= 0.6 is 0 Å². The van der Waals surface area contributed by atoms with E-state index in [2.05, 4.69) is 54.8 Å². The molecule has 0 radical (unpaired) electrons. The molecule has 3 rings (SSSR count). The number of rotatable bonds is 3. The Kier molecular flexibility index (Phi) is 4.07. The van der Waals surface area contributed by atoms with Gasteiger partial charge in [0.15, 0.2) is 17.2 Å². The lowest BCUT2D eigenvalue weighted by atomic mass is 10.0. The molecule has 0 aliphatic rings. The average Bonchev–Trinajstić information content (AvgIpc) is 2.55. The summed E-state index contributed by atoms with van der Waals surface area (Å²) in [4.78, 5) is 11.4. The smallest absolute Gasteiger partial charge is 0.211 e. The van der Waals surface area contributed by atoms with Crippen LogP contribution in [0.5, 0.6) is 0 Å². The van der Waals surface area contributed by atoms with Crippen molar-refractivity contribution in [1.82, 2.24) is 0 Å². The maximum absolute atomic E-state index is 11.4. The molecule has 2 nitrogen and oxygen atoms in total. The molecule has 2 heteroatoms. The molecule has 0 N–H and O–H groups in total. The summed E-state index contributed by atoms with van der Waals surface area (Å²) in [5, 5.41) is 0. The number of carbonyl (C=O) groups excluding carboxylic acids is 1. The van der Waals surface area contributed by atoms with Crippen LogP contribution in [0.2, 0.25) is 0 Å². The number of aryl methyl sites for hydroxylation is 2. The molecule has 2 aromatic carbocycles. The number of carbonyl (C=O) groups is 1. The normalized spacial score (nSPS) is 10.6. The highest BCUT2D eigenvalue weighted by Crippen LogP contribution is 2.20. The van der Waals surface area contributed by atoms with Gasteiger partial charge in [-0.1, -0.05) is 30.3 Å². The quantitative estimate of drug-likeness (QED) is 0.517. The third-order valence-electron chi connectivity index (χ3n) is 4.07. The molecule has 0 saturated heterocycles. The molecule has 0 unspecified atom stereocenters. The second-order valence-electron chi connectivity index (χ2n) is 5.83. The second-order valence-corrected chi connectivity index (χ2v) is 5.83. The van der Waals surface area contributed by atoms with Gasteiger partial charge in [0.25, 0.3) is 0 Å². The van der Waals surface area contributed by atoms with Gasteiger partial charge in [0.05, 0.1) is 0 Å². The van der Waals surface area contributed by atoms with Gasteiger partial charge in [0, 0.05) is 43.7 Å². The molecule has 114 valence electrons. The van der Waals surface area contributed by atoms with E-state index in [0.29, 0.717) is 0 Å². The van der Waals surface area contributed by atoms with Gasteiger partial charge in [-0.2, -0.15) is 4.57 Å². The molecule has 0 bridgehead atoms. The summed E-state index contributed by atoms with van der Waals surface area (Å²) in [5.74, 6) is 0.0921. The number of hydrogen-bond donors (Lipinski definition) is 0. The van der Waals surface area contributed by atoms with E-state index >= 15 is 0 Å². The number of benzene rings is 2. The first-order valence-electron chi connectivity index (χ1n) is 7.76. The molecule has 0 aliphatic carbocycles. The fourth-order valence-electron chi connectivity index (χ4n) is 2.95. The average molecular weight is 302 g/mol. The van der Waals surface area contributed by atoms with E-state index in [9.17, 15) is 4.79 Å². The lowest BCUT2D eigenvalue weighted by Gasteiger charge is -2.07. The van der Waals surface area contributed by atoms with Crippen LogP contribution in [0.15, 0.2) is 66.7 Å². The van der Waals surface area contributed by atoms with Crippen molar-refractivity contribution < 1.29 is 9.36 Å². The molecule has 3 aromatic rings. The van der Waals surface area contributed by atoms with Crippen molar-refractivity contribution in [2.75, 3.05) is 0 Å². The van der Waals surface area contributed by atoms with Crippen molar-refractivity contribution in [3.63, 3.8) is 0 Å². The largest absolute Gasteiger partial charge is 0.295 e. The highest BCUT2D eigenvalue weighted by molar-refractivity contribution is 5.94. The molecule has 1 aromatic heterocycles. The highest BCUT2D eigenvalue weighted by Gasteiger charge is 2.16. The molecular formula is C21H20NO+. The molecule has 0 atom stereocenters. The Hall–Kier alpha value is -2.74. The minimum atomic E-state index is 0.0921. The number of hydrogen-bond acceptors (Lipinski definition) is 1. The summed E-state index contributed by atoms with van der Waals surface area (Å²) >= 11 is 0. The summed E-state index contributed by atoms with van der Waals surface area (Å²) in [5.41, 5.74) is 6.59. The lowest BCUT2D eigenvalue weighted by Crippen LogP contribution is -2.37. The summed E-state index contributed by atoms with van der Waals surface area (Å²) in [6, 6.07) is 22.6. The monoisotopic (exact) mass is 302 g/mol.